The van der Waals surface area contributed by atoms with Crippen molar-refractivity contribution >= 4 is 11.8 Å². The van der Waals surface area contributed by atoms with E-state index in [1.807, 2.05) is 17.8 Å². The van der Waals surface area contributed by atoms with Crippen LogP contribution in [-0.4, -0.2) is 31.3 Å². The van der Waals surface area contributed by atoms with Gasteiger partial charge in [-0.3, -0.25) is 0 Å². The van der Waals surface area contributed by atoms with Crippen molar-refractivity contribution in [1.29, 1.82) is 0 Å². The summed E-state index contributed by atoms with van der Waals surface area (Å²) >= 11 is 2.02. The average Bonchev–Trinajstić information content (AvgIpc) is 2.96. The largest absolute Gasteiger partial charge is 0.493 e. The average molecular weight is 307 g/mol. The first-order valence-electron chi connectivity index (χ1n) is 7.90. The smallest absolute Gasteiger partial charge is 0.166 e. The number of nitrogens with one attached hydrogen (secondary N) is 1. The normalized spacial score (nSPS) is 26.8. The molecule has 3 nitrogen and oxygen atoms in total. The van der Waals surface area contributed by atoms with E-state index in [4.69, 9.17) is 9.47 Å². The number of benzene rings is 1. The van der Waals surface area contributed by atoms with Crippen LogP contribution < -0.4 is 14.8 Å². The first-order chi connectivity index (χ1) is 10.2. The summed E-state index contributed by atoms with van der Waals surface area (Å²) in [4.78, 5) is 0. The van der Waals surface area contributed by atoms with Gasteiger partial charge in [0.15, 0.2) is 11.5 Å². The van der Waals surface area contributed by atoms with Crippen LogP contribution in [0.1, 0.15) is 38.2 Å². The van der Waals surface area contributed by atoms with E-state index in [1.165, 1.54) is 23.5 Å². The number of methoxy groups -OCH3 is 1. The van der Waals surface area contributed by atoms with E-state index >= 15 is 0 Å². The van der Waals surface area contributed by atoms with Crippen LogP contribution in [0.5, 0.6) is 11.5 Å². The van der Waals surface area contributed by atoms with Crippen molar-refractivity contribution in [2.24, 2.45) is 0 Å². The molecule has 0 bridgehead atoms. The monoisotopic (exact) mass is 307 g/mol. The second-order valence-electron chi connectivity index (χ2n) is 6.13. The Morgan fingerprint density at radius 3 is 2.76 bits per heavy atom. The Kier molecular flexibility index (Phi) is 4.65. The Morgan fingerprint density at radius 1 is 1.29 bits per heavy atom. The Morgan fingerprint density at radius 2 is 2.10 bits per heavy atom. The molecule has 0 aliphatic carbocycles. The zero-order valence-electron chi connectivity index (χ0n) is 13.0. The predicted octanol–water partition coefficient (Wildman–Crippen LogP) is 3.57. The summed E-state index contributed by atoms with van der Waals surface area (Å²) in [7, 11) is 1.73. The van der Waals surface area contributed by atoms with E-state index in [0.29, 0.717) is 6.10 Å². The molecular weight excluding hydrogens is 282 g/mol. The highest BCUT2D eigenvalue weighted by Crippen LogP contribution is 2.42. The van der Waals surface area contributed by atoms with Gasteiger partial charge >= 0.3 is 0 Å². The van der Waals surface area contributed by atoms with Crippen LogP contribution in [0.15, 0.2) is 18.2 Å². The first-order valence-corrected chi connectivity index (χ1v) is 9.05. The lowest BCUT2D eigenvalue weighted by Crippen LogP contribution is -2.34. The molecular formula is C17H25NO2S. The minimum absolute atomic E-state index is 0.00723. The highest BCUT2D eigenvalue weighted by Gasteiger charge is 2.34. The van der Waals surface area contributed by atoms with Crippen molar-refractivity contribution in [2.45, 2.75) is 44.2 Å². The van der Waals surface area contributed by atoms with Crippen LogP contribution in [0.4, 0.5) is 0 Å². The quantitative estimate of drug-likeness (QED) is 0.921. The van der Waals surface area contributed by atoms with Gasteiger partial charge in [0, 0.05) is 11.1 Å². The molecule has 0 spiro atoms. The van der Waals surface area contributed by atoms with Crippen LogP contribution in [0.25, 0.3) is 0 Å². The second-order valence-corrected chi connectivity index (χ2v) is 7.35. The van der Waals surface area contributed by atoms with Gasteiger partial charge in [0.1, 0.15) is 6.10 Å². The predicted molar refractivity (Wildman–Crippen MR) is 88.6 cm³/mol. The van der Waals surface area contributed by atoms with Gasteiger partial charge in [0.2, 0.25) is 0 Å². The van der Waals surface area contributed by atoms with Crippen LogP contribution in [0.3, 0.4) is 0 Å². The van der Waals surface area contributed by atoms with Crippen molar-refractivity contribution in [3.05, 3.63) is 23.8 Å². The van der Waals surface area contributed by atoms with Crippen LogP contribution in [0.2, 0.25) is 0 Å². The fourth-order valence-corrected chi connectivity index (χ4v) is 4.38. The van der Waals surface area contributed by atoms with E-state index in [0.717, 1.165) is 37.3 Å². The molecule has 21 heavy (non-hydrogen) atoms. The van der Waals surface area contributed by atoms with Crippen molar-refractivity contribution in [2.75, 3.05) is 25.2 Å². The van der Waals surface area contributed by atoms with Crippen molar-refractivity contribution in [3.63, 3.8) is 0 Å². The lowest BCUT2D eigenvalue weighted by atomic mass is 9.89. The summed E-state index contributed by atoms with van der Waals surface area (Å²) in [6, 6.07) is 6.27. The number of rotatable bonds is 4. The fourth-order valence-electron chi connectivity index (χ4n) is 3.32. The lowest BCUT2D eigenvalue weighted by Gasteiger charge is -2.31. The third-order valence-corrected chi connectivity index (χ3v) is 5.66. The zero-order chi connectivity index (χ0) is 14.7. The summed E-state index contributed by atoms with van der Waals surface area (Å²) in [5.41, 5.74) is 1.25. The van der Waals surface area contributed by atoms with E-state index in [-0.39, 0.29) is 5.54 Å². The van der Waals surface area contributed by atoms with Gasteiger partial charge in [-0.05, 0) is 56.7 Å². The molecule has 1 aromatic carbocycles. The molecule has 2 aliphatic rings. The molecule has 0 saturated carbocycles. The van der Waals surface area contributed by atoms with Crippen LogP contribution in [0, 0.1) is 0 Å². The first kappa shape index (κ1) is 15.0. The summed E-state index contributed by atoms with van der Waals surface area (Å²) in [6.07, 6.45) is 4.95. The maximum atomic E-state index is 6.41. The third-order valence-electron chi connectivity index (χ3n) is 4.61. The highest BCUT2D eigenvalue weighted by atomic mass is 32.2. The van der Waals surface area contributed by atoms with Gasteiger partial charge in [-0.25, -0.2) is 0 Å². The standard InChI is InChI=1S/C17H25NO2S/c1-17(9-4-10-18-17)14-5-3-6-15(19-2)16(14)20-13-7-11-21-12-8-13/h3,5-6,13,18H,4,7-12H2,1-2H3. The summed E-state index contributed by atoms with van der Waals surface area (Å²) < 4.78 is 12.0. The number of ether oxygens (including phenoxy) is 2. The Labute approximate surface area is 131 Å². The molecule has 4 heteroatoms. The maximum Gasteiger partial charge on any atom is 0.166 e. The minimum atomic E-state index is 0.00723. The number of para-hydroxylation sites is 1. The molecule has 2 heterocycles. The molecule has 1 unspecified atom stereocenters. The van der Waals surface area contributed by atoms with E-state index in [2.05, 4.69) is 24.4 Å². The van der Waals surface area contributed by atoms with Gasteiger partial charge < -0.3 is 14.8 Å². The minimum Gasteiger partial charge on any atom is -0.493 e. The molecule has 1 aromatic rings. The molecule has 1 atom stereocenters. The van der Waals surface area contributed by atoms with Gasteiger partial charge in [-0.1, -0.05) is 12.1 Å². The SMILES string of the molecule is COc1cccc(C2(C)CCCN2)c1OC1CCSCC1. The maximum absolute atomic E-state index is 6.41. The summed E-state index contributed by atoms with van der Waals surface area (Å²) in [5, 5.41) is 3.64. The molecule has 2 fully saturated rings. The van der Waals surface area contributed by atoms with Crippen LogP contribution >= 0.6 is 11.8 Å². The molecule has 116 valence electrons. The van der Waals surface area contributed by atoms with Crippen molar-refractivity contribution in [1.82, 2.24) is 5.32 Å². The highest BCUT2D eigenvalue weighted by molar-refractivity contribution is 7.99. The Bertz CT molecular complexity index is 480. The van der Waals surface area contributed by atoms with E-state index < -0.39 is 0 Å². The van der Waals surface area contributed by atoms with Gasteiger partial charge in [0.25, 0.3) is 0 Å². The summed E-state index contributed by atoms with van der Waals surface area (Å²) in [5.74, 6) is 4.21. The zero-order valence-corrected chi connectivity index (χ0v) is 13.8. The Hall–Kier alpha value is -0.870. The van der Waals surface area contributed by atoms with E-state index in [1.54, 1.807) is 7.11 Å². The summed E-state index contributed by atoms with van der Waals surface area (Å²) in [6.45, 7) is 3.35. The molecule has 2 saturated heterocycles. The number of hydrogen-bond acceptors (Lipinski definition) is 4. The third kappa shape index (κ3) is 3.16. The number of hydrogen-bond donors (Lipinski definition) is 1. The van der Waals surface area contributed by atoms with Crippen molar-refractivity contribution in [3.8, 4) is 11.5 Å². The number of thioether (sulfide) groups is 1. The molecule has 3 rings (SSSR count). The van der Waals surface area contributed by atoms with E-state index in [9.17, 15) is 0 Å². The molecule has 0 radical (unpaired) electrons. The van der Waals surface area contributed by atoms with Gasteiger partial charge in [-0.2, -0.15) is 11.8 Å². The second kappa shape index (κ2) is 6.49. The van der Waals surface area contributed by atoms with Crippen molar-refractivity contribution < 1.29 is 9.47 Å². The molecule has 0 aromatic heterocycles. The molecule has 2 aliphatic heterocycles. The lowest BCUT2D eigenvalue weighted by molar-refractivity contribution is 0.178. The molecule has 0 amide bonds. The Balaban J connectivity index is 1.91. The molecule has 1 N–H and O–H groups in total. The fraction of sp³-hybridized carbons (Fsp3) is 0.647. The van der Waals surface area contributed by atoms with Gasteiger partial charge in [-0.15, -0.1) is 0 Å². The van der Waals surface area contributed by atoms with Gasteiger partial charge in [0.05, 0.1) is 7.11 Å². The topological polar surface area (TPSA) is 30.5 Å². The van der Waals surface area contributed by atoms with Crippen LogP contribution in [-0.2, 0) is 5.54 Å².